The Bertz CT molecular complexity index is 467. The smallest absolute Gasteiger partial charge is 0.230 e. The van der Waals surface area contributed by atoms with Gasteiger partial charge >= 0.3 is 0 Å². The monoisotopic (exact) mass is 245 g/mol. The van der Waals surface area contributed by atoms with Crippen LogP contribution in [0.15, 0.2) is 24.3 Å². The number of aryl methyl sites for hydroxylation is 1. The first-order valence-electron chi connectivity index (χ1n) is 6.58. The van der Waals surface area contributed by atoms with E-state index in [1.54, 1.807) is 0 Å². The normalized spacial score (nSPS) is 23.9. The van der Waals surface area contributed by atoms with Gasteiger partial charge in [-0.05, 0) is 24.0 Å². The Balaban J connectivity index is 2.39. The van der Waals surface area contributed by atoms with Gasteiger partial charge in [0.2, 0.25) is 11.8 Å². The molecule has 0 aromatic heterocycles. The Morgan fingerprint density at radius 1 is 1.22 bits per heavy atom. The van der Waals surface area contributed by atoms with Gasteiger partial charge in [0.05, 0.1) is 0 Å². The van der Waals surface area contributed by atoms with Crippen molar-refractivity contribution in [3.63, 3.8) is 0 Å². The minimum atomic E-state index is -0.152. The van der Waals surface area contributed by atoms with Gasteiger partial charge < -0.3 is 0 Å². The van der Waals surface area contributed by atoms with E-state index in [9.17, 15) is 9.59 Å². The third-order valence-corrected chi connectivity index (χ3v) is 3.77. The molecule has 3 heteroatoms. The van der Waals surface area contributed by atoms with Gasteiger partial charge in [-0.25, -0.2) is 0 Å². The molecule has 0 radical (unpaired) electrons. The van der Waals surface area contributed by atoms with E-state index in [0.29, 0.717) is 6.42 Å². The van der Waals surface area contributed by atoms with Crippen molar-refractivity contribution in [1.29, 1.82) is 0 Å². The lowest BCUT2D eigenvalue weighted by Crippen LogP contribution is -2.44. The van der Waals surface area contributed by atoms with Crippen LogP contribution in [0.25, 0.3) is 0 Å². The summed E-state index contributed by atoms with van der Waals surface area (Å²) >= 11 is 0. The molecular formula is C15H19NO2. The maximum Gasteiger partial charge on any atom is 0.230 e. The van der Waals surface area contributed by atoms with Crippen LogP contribution in [0.5, 0.6) is 0 Å². The summed E-state index contributed by atoms with van der Waals surface area (Å²) in [5.41, 5.74) is 2.40. The molecule has 0 saturated carbocycles. The highest BCUT2D eigenvalue weighted by Crippen LogP contribution is 2.35. The van der Waals surface area contributed by atoms with Crippen molar-refractivity contribution in [3.05, 3.63) is 35.4 Å². The number of piperidine rings is 1. The van der Waals surface area contributed by atoms with Gasteiger partial charge in [0, 0.05) is 18.3 Å². The summed E-state index contributed by atoms with van der Waals surface area (Å²) in [7, 11) is 0. The van der Waals surface area contributed by atoms with Crippen LogP contribution in [0.4, 0.5) is 0 Å². The highest BCUT2D eigenvalue weighted by molar-refractivity contribution is 5.99. The molecule has 1 aliphatic heterocycles. The molecule has 2 amide bonds. The predicted molar refractivity (Wildman–Crippen MR) is 70.1 cm³/mol. The second-order valence-electron chi connectivity index (χ2n) is 4.79. The zero-order valence-corrected chi connectivity index (χ0v) is 10.9. The molecule has 2 atom stereocenters. The van der Waals surface area contributed by atoms with E-state index in [2.05, 4.69) is 24.4 Å². The number of hydrogen-bond acceptors (Lipinski definition) is 2. The molecule has 1 aromatic carbocycles. The molecule has 1 N–H and O–H groups in total. The second kappa shape index (κ2) is 5.34. The van der Waals surface area contributed by atoms with Gasteiger partial charge in [-0.15, -0.1) is 0 Å². The second-order valence-corrected chi connectivity index (χ2v) is 4.79. The summed E-state index contributed by atoms with van der Waals surface area (Å²) in [5, 5.41) is 2.44. The van der Waals surface area contributed by atoms with E-state index in [1.165, 1.54) is 5.56 Å². The molecule has 2 unspecified atom stereocenters. The molecule has 0 bridgehead atoms. The zero-order chi connectivity index (χ0) is 13.1. The quantitative estimate of drug-likeness (QED) is 0.831. The Hall–Kier alpha value is -1.64. The summed E-state index contributed by atoms with van der Waals surface area (Å²) in [4.78, 5) is 23.5. The van der Waals surface area contributed by atoms with Gasteiger partial charge in [0.25, 0.3) is 0 Å². The molecule has 0 spiro atoms. The van der Waals surface area contributed by atoms with Crippen molar-refractivity contribution < 1.29 is 9.59 Å². The molecule has 96 valence electrons. The maximum absolute atomic E-state index is 11.9. The lowest BCUT2D eigenvalue weighted by molar-refractivity contribution is -0.137. The van der Waals surface area contributed by atoms with E-state index >= 15 is 0 Å². The maximum atomic E-state index is 11.9. The van der Waals surface area contributed by atoms with Gasteiger partial charge in [-0.1, -0.05) is 38.1 Å². The number of benzene rings is 1. The van der Waals surface area contributed by atoms with Crippen LogP contribution in [0, 0.1) is 5.92 Å². The Morgan fingerprint density at radius 3 is 2.61 bits per heavy atom. The third kappa shape index (κ3) is 2.30. The topological polar surface area (TPSA) is 46.2 Å². The lowest BCUT2D eigenvalue weighted by Gasteiger charge is -2.30. The molecule has 1 aromatic rings. The number of imide groups is 1. The average molecular weight is 245 g/mol. The van der Waals surface area contributed by atoms with Crippen LogP contribution in [0.3, 0.4) is 0 Å². The van der Waals surface area contributed by atoms with Crippen LogP contribution in [0.2, 0.25) is 0 Å². The number of carbonyl (C=O) groups excluding carboxylic acids is 2. The first kappa shape index (κ1) is 12.8. The van der Waals surface area contributed by atoms with Crippen LogP contribution in [-0.4, -0.2) is 11.8 Å². The number of hydrogen-bond donors (Lipinski definition) is 1. The average Bonchev–Trinajstić information content (AvgIpc) is 2.38. The van der Waals surface area contributed by atoms with E-state index in [4.69, 9.17) is 0 Å². The van der Waals surface area contributed by atoms with Gasteiger partial charge in [-0.3, -0.25) is 14.9 Å². The van der Waals surface area contributed by atoms with E-state index < -0.39 is 0 Å². The lowest BCUT2D eigenvalue weighted by atomic mass is 9.77. The fraction of sp³-hybridized carbons (Fsp3) is 0.467. The fourth-order valence-corrected chi connectivity index (χ4v) is 2.82. The minimum Gasteiger partial charge on any atom is -0.296 e. The molecule has 1 aliphatic rings. The van der Waals surface area contributed by atoms with Crippen LogP contribution in [-0.2, 0) is 16.0 Å². The predicted octanol–water partition coefficient (Wildman–Crippen LogP) is 2.41. The largest absolute Gasteiger partial charge is 0.296 e. The zero-order valence-electron chi connectivity index (χ0n) is 10.9. The standard InChI is InChI=1S/C15H19NO2/c1-3-10-7-5-6-8-12(10)13-9-14(17)16-15(18)11(13)4-2/h5-8,11,13H,3-4,9H2,1-2H3,(H,16,17,18). The van der Waals surface area contributed by atoms with E-state index in [1.807, 2.05) is 19.1 Å². The minimum absolute atomic E-state index is 0.0346. The van der Waals surface area contributed by atoms with E-state index in [0.717, 1.165) is 18.4 Å². The summed E-state index contributed by atoms with van der Waals surface area (Å²) < 4.78 is 0. The molecule has 18 heavy (non-hydrogen) atoms. The van der Waals surface area contributed by atoms with Crippen LogP contribution < -0.4 is 5.32 Å². The molecule has 0 aliphatic carbocycles. The van der Waals surface area contributed by atoms with Crippen molar-refractivity contribution in [2.45, 2.75) is 39.0 Å². The number of amides is 2. The molecule has 2 rings (SSSR count). The summed E-state index contributed by atoms with van der Waals surface area (Å²) in [6.07, 6.45) is 2.11. The molecule has 1 fully saturated rings. The van der Waals surface area contributed by atoms with Crippen molar-refractivity contribution in [1.82, 2.24) is 5.32 Å². The van der Waals surface area contributed by atoms with Crippen LogP contribution >= 0.6 is 0 Å². The van der Waals surface area contributed by atoms with Crippen LogP contribution in [0.1, 0.15) is 43.7 Å². The Morgan fingerprint density at radius 2 is 1.94 bits per heavy atom. The molecule has 3 nitrogen and oxygen atoms in total. The highest BCUT2D eigenvalue weighted by Gasteiger charge is 2.36. The highest BCUT2D eigenvalue weighted by atomic mass is 16.2. The van der Waals surface area contributed by atoms with Gasteiger partial charge in [0.1, 0.15) is 0 Å². The SMILES string of the molecule is CCc1ccccc1C1CC(=O)NC(=O)C1CC. The van der Waals surface area contributed by atoms with Crippen molar-refractivity contribution in [2.75, 3.05) is 0 Å². The number of carbonyl (C=O) groups is 2. The van der Waals surface area contributed by atoms with Gasteiger partial charge in [-0.2, -0.15) is 0 Å². The third-order valence-electron chi connectivity index (χ3n) is 3.77. The summed E-state index contributed by atoms with van der Waals surface area (Å²) in [5.74, 6) is -0.326. The molecule has 1 heterocycles. The molecule has 1 saturated heterocycles. The Kier molecular flexibility index (Phi) is 3.80. The number of nitrogens with one attached hydrogen (secondary N) is 1. The van der Waals surface area contributed by atoms with E-state index in [-0.39, 0.29) is 23.7 Å². The van der Waals surface area contributed by atoms with Crippen molar-refractivity contribution in [2.24, 2.45) is 5.92 Å². The fourth-order valence-electron chi connectivity index (χ4n) is 2.82. The van der Waals surface area contributed by atoms with Crippen molar-refractivity contribution >= 4 is 11.8 Å². The summed E-state index contributed by atoms with van der Waals surface area (Å²) in [6, 6.07) is 8.13. The summed E-state index contributed by atoms with van der Waals surface area (Å²) in [6.45, 7) is 4.10. The van der Waals surface area contributed by atoms with Crippen molar-refractivity contribution in [3.8, 4) is 0 Å². The first-order chi connectivity index (χ1) is 8.67. The Labute approximate surface area is 108 Å². The first-order valence-corrected chi connectivity index (χ1v) is 6.58. The van der Waals surface area contributed by atoms with Gasteiger partial charge in [0.15, 0.2) is 0 Å². The number of rotatable bonds is 3. The molecular weight excluding hydrogens is 226 g/mol.